The van der Waals surface area contributed by atoms with E-state index in [2.05, 4.69) is 12.2 Å². The second-order valence-corrected chi connectivity index (χ2v) is 7.81. The van der Waals surface area contributed by atoms with Gasteiger partial charge in [0.25, 0.3) is 0 Å². The fourth-order valence-electron chi connectivity index (χ4n) is 2.65. The van der Waals surface area contributed by atoms with Crippen molar-refractivity contribution in [3.05, 3.63) is 28.8 Å². The Morgan fingerprint density at radius 1 is 1.38 bits per heavy atom. The molecule has 2 unspecified atom stereocenters. The molecule has 1 amide bonds. The summed E-state index contributed by atoms with van der Waals surface area (Å²) < 4.78 is 11.2. The molecule has 1 aliphatic carbocycles. The second kappa shape index (κ2) is 8.11. The standard InChI is InChI=1S/C19H28ClNO3/c1-5-6-9-23-17-8-7-14(20)11-16(17)15-10-13(15)12-21-18(22)24-19(2,3)4/h7-8,11,13,15H,5-6,9-10,12H2,1-4H3,(H,21,22). The fraction of sp³-hybridized carbons (Fsp3) is 0.632. The minimum atomic E-state index is -0.472. The lowest BCUT2D eigenvalue weighted by Crippen LogP contribution is -2.33. The summed E-state index contributed by atoms with van der Waals surface area (Å²) in [6.07, 6.45) is 2.81. The van der Waals surface area contributed by atoms with E-state index in [1.165, 1.54) is 0 Å². The van der Waals surface area contributed by atoms with E-state index in [1.807, 2.05) is 39.0 Å². The summed E-state index contributed by atoms with van der Waals surface area (Å²) in [5, 5.41) is 3.57. The Balaban J connectivity index is 1.89. The first-order valence-corrected chi connectivity index (χ1v) is 9.07. The highest BCUT2D eigenvalue weighted by molar-refractivity contribution is 6.30. The SMILES string of the molecule is CCCCOc1ccc(Cl)cc1C1CC1CNC(=O)OC(C)(C)C. The van der Waals surface area contributed by atoms with Gasteiger partial charge < -0.3 is 14.8 Å². The summed E-state index contributed by atoms with van der Waals surface area (Å²) in [5.41, 5.74) is 0.676. The average Bonchev–Trinajstić information content (AvgIpc) is 3.24. The number of rotatable bonds is 7. The van der Waals surface area contributed by atoms with Crippen LogP contribution >= 0.6 is 11.6 Å². The Morgan fingerprint density at radius 3 is 2.79 bits per heavy atom. The number of hydrogen-bond donors (Lipinski definition) is 1. The van der Waals surface area contributed by atoms with Crippen molar-refractivity contribution < 1.29 is 14.3 Å². The van der Waals surface area contributed by atoms with Crippen molar-refractivity contribution in [3.63, 3.8) is 0 Å². The number of hydrogen-bond acceptors (Lipinski definition) is 3. The lowest BCUT2D eigenvalue weighted by atomic mass is 10.1. The van der Waals surface area contributed by atoms with Crippen LogP contribution in [-0.2, 0) is 4.74 Å². The third-order valence-corrected chi connectivity index (χ3v) is 4.19. The van der Waals surface area contributed by atoms with Crippen molar-refractivity contribution in [1.29, 1.82) is 0 Å². The summed E-state index contributed by atoms with van der Waals surface area (Å²) in [4.78, 5) is 11.8. The van der Waals surface area contributed by atoms with Gasteiger partial charge in [-0.3, -0.25) is 0 Å². The monoisotopic (exact) mass is 353 g/mol. The zero-order valence-electron chi connectivity index (χ0n) is 15.0. The van der Waals surface area contributed by atoms with Crippen LogP contribution in [0.3, 0.4) is 0 Å². The van der Waals surface area contributed by atoms with E-state index in [4.69, 9.17) is 21.1 Å². The third kappa shape index (κ3) is 5.90. The fourth-order valence-corrected chi connectivity index (χ4v) is 2.83. The predicted molar refractivity (Wildman–Crippen MR) is 96.9 cm³/mol. The maximum Gasteiger partial charge on any atom is 0.407 e. The molecule has 1 saturated carbocycles. The number of alkyl carbamates (subject to hydrolysis) is 1. The lowest BCUT2D eigenvalue weighted by Gasteiger charge is -2.19. The molecule has 0 spiro atoms. The molecular weight excluding hydrogens is 326 g/mol. The predicted octanol–water partition coefficient (Wildman–Crippen LogP) is 5.15. The van der Waals surface area contributed by atoms with Crippen LogP contribution in [0, 0.1) is 5.92 Å². The van der Waals surface area contributed by atoms with E-state index in [1.54, 1.807) is 0 Å². The molecule has 5 heteroatoms. The molecule has 1 N–H and O–H groups in total. The van der Waals surface area contributed by atoms with Crippen molar-refractivity contribution in [3.8, 4) is 5.75 Å². The van der Waals surface area contributed by atoms with Crippen molar-refractivity contribution in [1.82, 2.24) is 5.32 Å². The van der Waals surface area contributed by atoms with Crippen LogP contribution < -0.4 is 10.1 Å². The molecular formula is C19H28ClNO3. The van der Waals surface area contributed by atoms with Gasteiger partial charge in [0.05, 0.1) is 6.61 Å². The maximum absolute atomic E-state index is 11.8. The van der Waals surface area contributed by atoms with Gasteiger partial charge in [0.15, 0.2) is 0 Å². The van der Waals surface area contributed by atoms with Crippen LogP contribution in [0.15, 0.2) is 18.2 Å². The number of carbonyl (C=O) groups excluding carboxylic acids is 1. The maximum atomic E-state index is 11.8. The van der Waals surface area contributed by atoms with Crippen LogP contribution in [0.5, 0.6) is 5.75 Å². The summed E-state index contributed by atoms with van der Waals surface area (Å²) in [7, 11) is 0. The molecule has 2 atom stereocenters. The van der Waals surface area contributed by atoms with Crippen molar-refractivity contribution in [2.45, 2.75) is 58.5 Å². The van der Waals surface area contributed by atoms with Crippen LogP contribution in [0.4, 0.5) is 4.79 Å². The van der Waals surface area contributed by atoms with E-state index in [9.17, 15) is 4.79 Å². The van der Waals surface area contributed by atoms with E-state index in [-0.39, 0.29) is 6.09 Å². The lowest BCUT2D eigenvalue weighted by molar-refractivity contribution is 0.0525. The summed E-state index contributed by atoms with van der Waals surface area (Å²) in [6.45, 7) is 9.06. The topological polar surface area (TPSA) is 47.6 Å². The van der Waals surface area contributed by atoms with Crippen LogP contribution in [-0.4, -0.2) is 24.8 Å². The second-order valence-electron chi connectivity index (χ2n) is 7.37. The molecule has 1 aromatic carbocycles. The Bertz CT molecular complexity index is 568. The Kier molecular flexibility index (Phi) is 6.39. The van der Waals surface area contributed by atoms with Gasteiger partial charge in [0.2, 0.25) is 0 Å². The molecule has 24 heavy (non-hydrogen) atoms. The van der Waals surface area contributed by atoms with Crippen LogP contribution in [0.1, 0.15) is 58.4 Å². The smallest absolute Gasteiger partial charge is 0.407 e. The first-order chi connectivity index (χ1) is 11.3. The molecule has 0 saturated heterocycles. The van der Waals surface area contributed by atoms with Crippen molar-refractivity contribution >= 4 is 17.7 Å². The highest BCUT2D eigenvalue weighted by Crippen LogP contribution is 2.50. The van der Waals surface area contributed by atoms with E-state index >= 15 is 0 Å². The number of unbranched alkanes of at least 4 members (excludes halogenated alkanes) is 1. The van der Waals surface area contributed by atoms with Gasteiger partial charge in [0.1, 0.15) is 11.4 Å². The Morgan fingerprint density at radius 2 is 2.12 bits per heavy atom. The van der Waals surface area contributed by atoms with Gasteiger partial charge >= 0.3 is 6.09 Å². The molecule has 1 fully saturated rings. The molecule has 1 aliphatic rings. The summed E-state index contributed by atoms with van der Waals surface area (Å²) >= 11 is 6.15. The van der Waals surface area contributed by atoms with Gasteiger partial charge in [-0.25, -0.2) is 4.79 Å². The van der Waals surface area contributed by atoms with Gasteiger partial charge in [-0.1, -0.05) is 24.9 Å². The number of ether oxygens (including phenoxy) is 2. The highest BCUT2D eigenvalue weighted by atomic mass is 35.5. The number of nitrogens with one attached hydrogen (secondary N) is 1. The first kappa shape index (κ1) is 18.9. The Hall–Kier alpha value is -1.42. The third-order valence-electron chi connectivity index (χ3n) is 3.96. The minimum Gasteiger partial charge on any atom is -0.493 e. The van der Waals surface area contributed by atoms with E-state index in [0.29, 0.717) is 18.4 Å². The largest absolute Gasteiger partial charge is 0.493 e. The van der Waals surface area contributed by atoms with Crippen LogP contribution in [0.25, 0.3) is 0 Å². The number of carbonyl (C=O) groups is 1. The van der Waals surface area contributed by atoms with Crippen molar-refractivity contribution in [2.75, 3.05) is 13.2 Å². The molecule has 4 nitrogen and oxygen atoms in total. The first-order valence-electron chi connectivity index (χ1n) is 8.69. The van der Waals surface area contributed by atoms with E-state index < -0.39 is 5.60 Å². The summed E-state index contributed by atoms with van der Waals surface area (Å²) in [6, 6.07) is 5.80. The van der Waals surface area contributed by atoms with Crippen molar-refractivity contribution in [2.24, 2.45) is 5.92 Å². The molecule has 0 bridgehead atoms. The molecule has 0 heterocycles. The van der Waals surface area contributed by atoms with Gasteiger partial charge in [-0.05, 0) is 69.2 Å². The summed E-state index contributed by atoms with van der Waals surface area (Å²) in [5.74, 6) is 1.71. The Labute approximate surface area is 149 Å². The zero-order chi connectivity index (χ0) is 17.7. The van der Waals surface area contributed by atoms with E-state index in [0.717, 1.165) is 42.2 Å². The number of halogens is 1. The quantitative estimate of drug-likeness (QED) is 0.690. The van der Waals surface area contributed by atoms with Gasteiger partial charge in [-0.2, -0.15) is 0 Å². The molecule has 0 radical (unpaired) electrons. The number of amides is 1. The van der Waals surface area contributed by atoms with Gasteiger partial charge in [0, 0.05) is 11.6 Å². The zero-order valence-corrected chi connectivity index (χ0v) is 15.8. The molecule has 1 aromatic rings. The molecule has 0 aliphatic heterocycles. The average molecular weight is 354 g/mol. The molecule has 134 valence electrons. The highest BCUT2D eigenvalue weighted by Gasteiger charge is 2.40. The molecule has 0 aromatic heterocycles. The van der Waals surface area contributed by atoms with Gasteiger partial charge in [-0.15, -0.1) is 0 Å². The van der Waals surface area contributed by atoms with Crippen LogP contribution in [0.2, 0.25) is 5.02 Å². The minimum absolute atomic E-state index is 0.362. The number of benzene rings is 1. The molecule has 2 rings (SSSR count). The normalized spacial score (nSPS) is 19.7.